The smallest absolute Gasteiger partial charge is 0.0632 e. The van der Waals surface area contributed by atoms with Crippen molar-refractivity contribution in [2.45, 2.75) is 39.2 Å². The number of hydrogen-bond acceptors (Lipinski definition) is 2. The third kappa shape index (κ3) is 2.46. The van der Waals surface area contributed by atoms with Crippen molar-refractivity contribution in [1.82, 2.24) is 4.90 Å². The molecule has 1 heterocycles. The predicted octanol–water partition coefficient (Wildman–Crippen LogP) is 1.49. The quantitative estimate of drug-likeness (QED) is 0.680. The van der Waals surface area contributed by atoms with Crippen molar-refractivity contribution >= 4 is 0 Å². The highest BCUT2D eigenvalue weighted by Gasteiger charge is 2.30. The van der Waals surface area contributed by atoms with E-state index in [0.29, 0.717) is 5.92 Å². The standard InChI is InChI=1S/C10H21NO/c1-4-11-7-5-6-9(8-11)10(2,3)12/h9,12H,4-8H2,1-3H3/t9-/m0/s1. The van der Waals surface area contributed by atoms with E-state index in [9.17, 15) is 5.11 Å². The van der Waals surface area contributed by atoms with Crippen LogP contribution >= 0.6 is 0 Å². The topological polar surface area (TPSA) is 23.5 Å². The second-order valence-corrected chi connectivity index (χ2v) is 4.39. The number of hydrogen-bond donors (Lipinski definition) is 1. The fourth-order valence-corrected chi connectivity index (χ4v) is 1.92. The summed E-state index contributed by atoms with van der Waals surface area (Å²) >= 11 is 0. The maximum absolute atomic E-state index is 9.83. The highest BCUT2D eigenvalue weighted by Crippen LogP contribution is 2.26. The van der Waals surface area contributed by atoms with Gasteiger partial charge in [0.15, 0.2) is 0 Å². The molecule has 0 spiro atoms. The van der Waals surface area contributed by atoms with Crippen molar-refractivity contribution in [2.24, 2.45) is 5.92 Å². The number of likely N-dealkylation sites (tertiary alicyclic amines) is 1. The van der Waals surface area contributed by atoms with Gasteiger partial charge in [-0.25, -0.2) is 0 Å². The molecule has 0 aliphatic carbocycles. The average Bonchev–Trinajstić information content (AvgIpc) is 2.03. The van der Waals surface area contributed by atoms with Gasteiger partial charge in [-0.15, -0.1) is 0 Å². The second-order valence-electron chi connectivity index (χ2n) is 4.39. The zero-order valence-corrected chi connectivity index (χ0v) is 8.51. The van der Waals surface area contributed by atoms with Crippen LogP contribution in [0, 0.1) is 5.92 Å². The second kappa shape index (κ2) is 3.75. The van der Waals surface area contributed by atoms with E-state index < -0.39 is 5.60 Å². The Kier molecular flexibility index (Phi) is 3.13. The molecular formula is C10H21NO. The summed E-state index contributed by atoms with van der Waals surface area (Å²) in [6.45, 7) is 9.44. The van der Waals surface area contributed by atoms with Crippen LogP contribution in [0.3, 0.4) is 0 Å². The van der Waals surface area contributed by atoms with Crippen LogP contribution in [0.25, 0.3) is 0 Å². The van der Waals surface area contributed by atoms with Crippen molar-refractivity contribution in [1.29, 1.82) is 0 Å². The molecule has 1 N–H and O–H groups in total. The average molecular weight is 171 g/mol. The van der Waals surface area contributed by atoms with E-state index >= 15 is 0 Å². The van der Waals surface area contributed by atoms with Gasteiger partial charge in [0.25, 0.3) is 0 Å². The van der Waals surface area contributed by atoms with Gasteiger partial charge in [-0.05, 0) is 45.7 Å². The Morgan fingerprint density at radius 3 is 2.67 bits per heavy atom. The summed E-state index contributed by atoms with van der Waals surface area (Å²) in [5.74, 6) is 0.464. The van der Waals surface area contributed by atoms with Crippen LogP contribution in [0.4, 0.5) is 0 Å². The lowest BCUT2D eigenvalue weighted by atomic mass is 9.84. The van der Waals surface area contributed by atoms with E-state index in [4.69, 9.17) is 0 Å². The van der Waals surface area contributed by atoms with Gasteiger partial charge < -0.3 is 10.0 Å². The molecule has 0 radical (unpaired) electrons. The van der Waals surface area contributed by atoms with E-state index in [1.54, 1.807) is 0 Å². The summed E-state index contributed by atoms with van der Waals surface area (Å²) in [6.07, 6.45) is 2.42. The first-order valence-corrected chi connectivity index (χ1v) is 4.98. The molecule has 12 heavy (non-hydrogen) atoms. The molecule has 0 saturated carbocycles. The highest BCUT2D eigenvalue weighted by molar-refractivity contribution is 4.83. The number of aliphatic hydroxyl groups is 1. The van der Waals surface area contributed by atoms with Crippen LogP contribution in [0.1, 0.15) is 33.6 Å². The molecule has 2 nitrogen and oxygen atoms in total. The zero-order valence-electron chi connectivity index (χ0n) is 8.51. The fourth-order valence-electron chi connectivity index (χ4n) is 1.92. The molecule has 0 amide bonds. The lowest BCUT2D eigenvalue weighted by Crippen LogP contribution is -2.44. The Hall–Kier alpha value is -0.0800. The maximum atomic E-state index is 9.83. The first kappa shape index (κ1) is 10.0. The van der Waals surface area contributed by atoms with Gasteiger partial charge in [0.2, 0.25) is 0 Å². The van der Waals surface area contributed by atoms with Crippen LogP contribution in [-0.2, 0) is 0 Å². The Balaban J connectivity index is 2.46. The van der Waals surface area contributed by atoms with Crippen molar-refractivity contribution in [3.63, 3.8) is 0 Å². The molecule has 0 bridgehead atoms. The molecule has 1 rings (SSSR count). The lowest BCUT2D eigenvalue weighted by molar-refractivity contribution is -0.0171. The molecule has 2 heteroatoms. The lowest BCUT2D eigenvalue weighted by Gasteiger charge is -2.38. The molecule has 72 valence electrons. The van der Waals surface area contributed by atoms with E-state index in [1.165, 1.54) is 19.4 Å². The van der Waals surface area contributed by atoms with Gasteiger partial charge in [-0.3, -0.25) is 0 Å². The molecule has 1 fully saturated rings. The SMILES string of the molecule is CCN1CCC[C@H](C(C)(C)O)C1. The molecule has 0 aromatic rings. The predicted molar refractivity (Wildman–Crippen MR) is 51.1 cm³/mol. The summed E-state index contributed by atoms with van der Waals surface area (Å²) in [7, 11) is 0. The van der Waals surface area contributed by atoms with E-state index in [-0.39, 0.29) is 0 Å². The van der Waals surface area contributed by atoms with Crippen LogP contribution < -0.4 is 0 Å². The van der Waals surface area contributed by atoms with Crippen LogP contribution in [0.5, 0.6) is 0 Å². The Morgan fingerprint density at radius 1 is 1.50 bits per heavy atom. The molecular weight excluding hydrogens is 150 g/mol. The minimum Gasteiger partial charge on any atom is -0.390 e. The van der Waals surface area contributed by atoms with Gasteiger partial charge in [-0.1, -0.05) is 6.92 Å². The van der Waals surface area contributed by atoms with Gasteiger partial charge in [0.05, 0.1) is 5.60 Å². The van der Waals surface area contributed by atoms with Crippen molar-refractivity contribution < 1.29 is 5.11 Å². The third-order valence-electron chi connectivity index (χ3n) is 2.95. The Labute approximate surface area is 75.6 Å². The van der Waals surface area contributed by atoms with E-state index in [1.807, 2.05) is 13.8 Å². The zero-order chi connectivity index (χ0) is 9.19. The summed E-state index contributed by atoms with van der Waals surface area (Å²) in [6, 6.07) is 0. The molecule has 1 atom stereocenters. The van der Waals surface area contributed by atoms with Gasteiger partial charge in [-0.2, -0.15) is 0 Å². The molecule has 1 aliphatic rings. The monoisotopic (exact) mass is 171 g/mol. The molecule has 0 unspecified atom stereocenters. The minimum absolute atomic E-state index is 0.464. The van der Waals surface area contributed by atoms with Crippen LogP contribution in [-0.4, -0.2) is 35.2 Å². The molecule has 1 aliphatic heterocycles. The van der Waals surface area contributed by atoms with E-state index in [2.05, 4.69) is 11.8 Å². The van der Waals surface area contributed by atoms with Gasteiger partial charge in [0, 0.05) is 6.54 Å². The first-order valence-electron chi connectivity index (χ1n) is 4.98. The van der Waals surface area contributed by atoms with Crippen molar-refractivity contribution in [3.8, 4) is 0 Å². The minimum atomic E-state index is -0.492. The van der Waals surface area contributed by atoms with Gasteiger partial charge >= 0.3 is 0 Å². The fraction of sp³-hybridized carbons (Fsp3) is 1.00. The molecule has 0 aromatic heterocycles. The summed E-state index contributed by atoms with van der Waals surface area (Å²) in [5.41, 5.74) is -0.492. The van der Waals surface area contributed by atoms with E-state index in [0.717, 1.165) is 13.1 Å². The van der Waals surface area contributed by atoms with Crippen molar-refractivity contribution in [2.75, 3.05) is 19.6 Å². The van der Waals surface area contributed by atoms with Crippen LogP contribution in [0.15, 0.2) is 0 Å². The summed E-state index contributed by atoms with van der Waals surface area (Å²) in [5, 5.41) is 9.83. The number of piperidine rings is 1. The largest absolute Gasteiger partial charge is 0.390 e. The number of rotatable bonds is 2. The first-order chi connectivity index (χ1) is 5.54. The molecule has 0 aromatic carbocycles. The highest BCUT2D eigenvalue weighted by atomic mass is 16.3. The third-order valence-corrected chi connectivity index (χ3v) is 2.95. The Morgan fingerprint density at radius 2 is 2.17 bits per heavy atom. The van der Waals surface area contributed by atoms with Gasteiger partial charge in [0.1, 0.15) is 0 Å². The Bertz CT molecular complexity index is 139. The van der Waals surface area contributed by atoms with Crippen LogP contribution in [0.2, 0.25) is 0 Å². The normalized spacial score (nSPS) is 27.5. The summed E-state index contributed by atoms with van der Waals surface area (Å²) in [4.78, 5) is 2.42. The molecule has 1 saturated heterocycles. The summed E-state index contributed by atoms with van der Waals surface area (Å²) < 4.78 is 0. The van der Waals surface area contributed by atoms with Crippen molar-refractivity contribution in [3.05, 3.63) is 0 Å². The number of nitrogens with zero attached hydrogens (tertiary/aromatic N) is 1. The maximum Gasteiger partial charge on any atom is 0.0632 e.